The number of carbonyl (C=O) groups excluding carboxylic acids is 2. The Morgan fingerprint density at radius 2 is 1.96 bits per heavy atom. The van der Waals surface area contributed by atoms with Crippen LogP contribution in [0.4, 0.5) is 4.79 Å². The van der Waals surface area contributed by atoms with Crippen LogP contribution in [0.5, 0.6) is 0 Å². The van der Waals surface area contributed by atoms with Crippen molar-refractivity contribution in [3.8, 4) is 0 Å². The molecule has 1 aliphatic heterocycles. The van der Waals surface area contributed by atoms with E-state index in [0.717, 1.165) is 17.7 Å². The summed E-state index contributed by atoms with van der Waals surface area (Å²) >= 11 is 0. The number of aryl methyl sites for hydroxylation is 1. The number of hydrogen-bond acceptors (Lipinski definition) is 5. The molecule has 0 aromatic carbocycles. The molecule has 0 spiro atoms. The van der Waals surface area contributed by atoms with E-state index in [1.165, 1.54) is 7.11 Å². The second-order valence-electron chi connectivity index (χ2n) is 6.60. The van der Waals surface area contributed by atoms with E-state index in [1.807, 2.05) is 32.4 Å². The molecular formula is C16H25N3O4. The average Bonchev–Trinajstić information content (AvgIpc) is 2.67. The largest absolute Gasteiger partial charge is 0.464 e. The highest BCUT2D eigenvalue weighted by atomic mass is 16.6. The molecule has 0 unspecified atom stereocenters. The number of ether oxygens (including phenoxy) is 2. The van der Waals surface area contributed by atoms with Crippen molar-refractivity contribution in [3.05, 3.63) is 17.0 Å². The first-order chi connectivity index (χ1) is 10.8. The van der Waals surface area contributed by atoms with Crippen LogP contribution in [0.2, 0.25) is 0 Å². The zero-order valence-corrected chi connectivity index (χ0v) is 14.5. The zero-order valence-electron chi connectivity index (χ0n) is 14.5. The highest BCUT2D eigenvalue weighted by Crippen LogP contribution is 2.23. The zero-order chi connectivity index (χ0) is 17.2. The first-order valence-corrected chi connectivity index (χ1v) is 7.91. The third-order valence-electron chi connectivity index (χ3n) is 3.69. The van der Waals surface area contributed by atoms with Crippen LogP contribution in [0.1, 0.15) is 55.9 Å². The Morgan fingerprint density at radius 3 is 2.52 bits per heavy atom. The molecule has 2 rings (SSSR count). The lowest BCUT2D eigenvalue weighted by Gasteiger charge is -2.26. The van der Waals surface area contributed by atoms with E-state index >= 15 is 0 Å². The lowest BCUT2D eigenvalue weighted by molar-refractivity contribution is 0.0236. The Labute approximate surface area is 136 Å². The second-order valence-corrected chi connectivity index (χ2v) is 6.60. The summed E-state index contributed by atoms with van der Waals surface area (Å²) in [5, 5.41) is 4.38. The van der Waals surface area contributed by atoms with Crippen LogP contribution in [0.15, 0.2) is 0 Å². The van der Waals surface area contributed by atoms with E-state index in [-0.39, 0.29) is 6.09 Å². The van der Waals surface area contributed by atoms with Crippen LogP contribution in [-0.4, -0.2) is 46.0 Å². The number of rotatable bonds is 2. The number of carbonyl (C=O) groups is 2. The molecular weight excluding hydrogens is 298 g/mol. The summed E-state index contributed by atoms with van der Waals surface area (Å²) < 4.78 is 12.1. The minimum atomic E-state index is -0.533. The topological polar surface area (TPSA) is 73.7 Å². The summed E-state index contributed by atoms with van der Waals surface area (Å²) in [5.41, 5.74) is 1.54. The lowest BCUT2D eigenvalue weighted by atomic mass is 10.1. The molecule has 0 atom stereocenters. The molecule has 0 N–H and O–H groups in total. The molecule has 2 heterocycles. The number of amides is 1. The van der Waals surface area contributed by atoms with Gasteiger partial charge in [-0.3, -0.25) is 4.68 Å². The fourth-order valence-electron chi connectivity index (χ4n) is 2.68. The van der Waals surface area contributed by atoms with Crippen molar-refractivity contribution in [2.45, 2.75) is 59.2 Å². The van der Waals surface area contributed by atoms with E-state index in [2.05, 4.69) is 5.10 Å². The summed E-state index contributed by atoms with van der Waals surface area (Å²) in [5.74, 6) is -0.439. The molecule has 0 fully saturated rings. The quantitative estimate of drug-likeness (QED) is 0.781. The van der Waals surface area contributed by atoms with Gasteiger partial charge in [-0.2, -0.15) is 5.10 Å². The number of aromatic nitrogens is 2. The normalized spacial score (nSPS) is 14.9. The predicted molar refractivity (Wildman–Crippen MR) is 84.2 cm³/mol. The second kappa shape index (κ2) is 6.60. The van der Waals surface area contributed by atoms with Crippen molar-refractivity contribution >= 4 is 12.1 Å². The third kappa shape index (κ3) is 3.83. The van der Waals surface area contributed by atoms with Gasteiger partial charge >= 0.3 is 12.1 Å². The van der Waals surface area contributed by atoms with Crippen molar-refractivity contribution in [2.75, 3.05) is 13.7 Å². The van der Waals surface area contributed by atoms with Gasteiger partial charge in [0.15, 0.2) is 5.69 Å². The van der Waals surface area contributed by atoms with Gasteiger partial charge in [0.05, 0.1) is 19.3 Å². The van der Waals surface area contributed by atoms with E-state index in [4.69, 9.17) is 9.47 Å². The minimum Gasteiger partial charge on any atom is -0.464 e. The lowest BCUT2D eigenvalue weighted by Crippen LogP contribution is -2.36. The smallest absolute Gasteiger partial charge is 0.410 e. The number of fused-ring (bicyclic) bond motifs is 1. The van der Waals surface area contributed by atoms with Crippen LogP contribution in [0, 0.1) is 0 Å². The van der Waals surface area contributed by atoms with Gasteiger partial charge in [0.25, 0.3) is 0 Å². The van der Waals surface area contributed by atoms with Crippen LogP contribution in [-0.2, 0) is 29.0 Å². The Morgan fingerprint density at radius 1 is 1.26 bits per heavy atom. The summed E-state index contributed by atoms with van der Waals surface area (Å²) in [6.07, 6.45) is 1.08. The summed E-state index contributed by atoms with van der Waals surface area (Å²) in [4.78, 5) is 25.9. The Kier molecular flexibility index (Phi) is 4.97. The number of esters is 1. The molecule has 1 aromatic rings. The molecule has 0 bridgehead atoms. The van der Waals surface area contributed by atoms with Gasteiger partial charge in [0, 0.05) is 18.7 Å². The molecule has 0 radical (unpaired) electrons. The minimum absolute atomic E-state index is 0.339. The maximum Gasteiger partial charge on any atom is 0.410 e. The van der Waals surface area contributed by atoms with E-state index in [0.29, 0.717) is 31.7 Å². The molecule has 1 aromatic heterocycles. The standard InChI is InChI=1S/C16H25N3O4/c1-6-11-12-10-18(15(21)23-16(2,3)4)8-7-9-19(12)17-13(11)14(20)22-5/h6-10H2,1-5H3. The number of nitrogens with zero attached hydrogens (tertiary/aromatic N) is 3. The molecule has 128 valence electrons. The summed E-state index contributed by atoms with van der Waals surface area (Å²) in [6.45, 7) is 9.17. The summed E-state index contributed by atoms with van der Waals surface area (Å²) in [6, 6.07) is 0. The van der Waals surface area contributed by atoms with E-state index < -0.39 is 11.6 Å². The van der Waals surface area contributed by atoms with Gasteiger partial charge in [-0.25, -0.2) is 9.59 Å². The predicted octanol–water partition coefficient (Wildman–Crippen LogP) is 2.37. The van der Waals surface area contributed by atoms with E-state index in [1.54, 1.807) is 4.90 Å². The maximum atomic E-state index is 12.4. The Bertz CT molecular complexity index is 601. The Hall–Kier alpha value is -2.05. The monoisotopic (exact) mass is 323 g/mol. The fourth-order valence-corrected chi connectivity index (χ4v) is 2.68. The molecule has 7 heteroatoms. The first-order valence-electron chi connectivity index (χ1n) is 7.91. The molecule has 0 saturated heterocycles. The molecule has 1 amide bonds. The molecule has 7 nitrogen and oxygen atoms in total. The van der Waals surface area contributed by atoms with Crippen LogP contribution < -0.4 is 0 Å². The van der Waals surface area contributed by atoms with Crippen molar-refractivity contribution < 1.29 is 19.1 Å². The van der Waals surface area contributed by atoms with E-state index in [9.17, 15) is 9.59 Å². The molecule has 1 aliphatic rings. The van der Waals surface area contributed by atoms with Crippen molar-refractivity contribution in [1.82, 2.24) is 14.7 Å². The van der Waals surface area contributed by atoms with Crippen LogP contribution in [0.25, 0.3) is 0 Å². The third-order valence-corrected chi connectivity index (χ3v) is 3.69. The molecule has 0 aliphatic carbocycles. The average molecular weight is 323 g/mol. The maximum absolute atomic E-state index is 12.4. The van der Waals surface area contributed by atoms with Gasteiger partial charge < -0.3 is 14.4 Å². The van der Waals surface area contributed by atoms with Crippen molar-refractivity contribution in [2.24, 2.45) is 0 Å². The molecule has 0 saturated carbocycles. The fraction of sp³-hybridized carbons (Fsp3) is 0.688. The highest BCUT2D eigenvalue weighted by Gasteiger charge is 2.29. The SMILES string of the molecule is CCc1c(C(=O)OC)nn2c1CN(C(=O)OC(C)(C)C)CCC2. The van der Waals surface area contributed by atoms with Crippen LogP contribution >= 0.6 is 0 Å². The molecule has 23 heavy (non-hydrogen) atoms. The highest BCUT2D eigenvalue weighted by molar-refractivity contribution is 5.89. The summed E-state index contributed by atoms with van der Waals surface area (Å²) in [7, 11) is 1.35. The van der Waals surface area contributed by atoms with Gasteiger partial charge in [0.2, 0.25) is 0 Å². The van der Waals surface area contributed by atoms with Gasteiger partial charge in [-0.15, -0.1) is 0 Å². The van der Waals surface area contributed by atoms with Crippen LogP contribution in [0.3, 0.4) is 0 Å². The van der Waals surface area contributed by atoms with Crippen molar-refractivity contribution in [1.29, 1.82) is 0 Å². The van der Waals surface area contributed by atoms with Gasteiger partial charge in [0.1, 0.15) is 5.60 Å². The van der Waals surface area contributed by atoms with Gasteiger partial charge in [-0.1, -0.05) is 6.92 Å². The van der Waals surface area contributed by atoms with Crippen molar-refractivity contribution in [3.63, 3.8) is 0 Å². The Balaban J connectivity index is 2.30. The van der Waals surface area contributed by atoms with Gasteiger partial charge in [-0.05, 0) is 33.6 Å². The first kappa shape index (κ1) is 17.3. The number of methoxy groups -OCH3 is 1. The number of hydrogen-bond donors (Lipinski definition) is 0.